The monoisotopic (exact) mass is 504 g/mol. The van der Waals surface area contributed by atoms with Crippen molar-refractivity contribution in [2.24, 2.45) is 0 Å². The Hall–Kier alpha value is -3.10. The van der Waals surface area contributed by atoms with Gasteiger partial charge in [-0.2, -0.15) is 16.9 Å². The van der Waals surface area contributed by atoms with E-state index in [0.717, 1.165) is 38.2 Å². The number of carbonyl (C=O) groups excluding carboxylic acids is 1. The molecule has 1 aliphatic rings. The van der Waals surface area contributed by atoms with Gasteiger partial charge in [0.25, 0.3) is 0 Å². The largest absolute Gasteiger partial charge is 0.310 e. The maximum atomic E-state index is 14.8. The summed E-state index contributed by atoms with van der Waals surface area (Å²) in [5.74, 6) is 1.91. The Labute approximate surface area is 212 Å². The van der Waals surface area contributed by atoms with Gasteiger partial charge >= 0.3 is 0 Å². The zero-order valence-corrected chi connectivity index (χ0v) is 21.1. The van der Waals surface area contributed by atoms with Crippen molar-refractivity contribution in [3.8, 4) is 5.69 Å². The second-order valence-corrected chi connectivity index (χ2v) is 11.1. The van der Waals surface area contributed by atoms with E-state index in [9.17, 15) is 9.18 Å². The van der Waals surface area contributed by atoms with Crippen LogP contribution in [0.2, 0.25) is 0 Å². The summed E-state index contributed by atoms with van der Waals surface area (Å²) >= 11 is 3.34. The number of amides is 1. The molecule has 3 heterocycles. The summed E-state index contributed by atoms with van der Waals surface area (Å²) < 4.78 is 16.6. The summed E-state index contributed by atoms with van der Waals surface area (Å²) in [6.45, 7) is 4.22. The summed E-state index contributed by atoms with van der Waals surface area (Å²) in [7, 11) is 0. The van der Waals surface area contributed by atoms with Gasteiger partial charge in [0.1, 0.15) is 11.6 Å². The van der Waals surface area contributed by atoms with Gasteiger partial charge in [-0.25, -0.2) is 9.07 Å². The van der Waals surface area contributed by atoms with E-state index in [1.54, 1.807) is 23.1 Å². The molecule has 0 saturated carbocycles. The number of thioether (sulfide) groups is 1. The van der Waals surface area contributed by atoms with E-state index in [1.807, 2.05) is 67.2 Å². The van der Waals surface area contributed by atoms with Crippen molar-refractivity contribution >= 4 is 35.2 Å². The van der Waals surface area contributed by atoms with Gasteiger partial charge in [-0.15, -0.1) is 0 Å². The number of halogens is 1. The molecule has 1 fully saturated rings. The molecular formula is C27H25FN4OS2. The molecule has 35 heavy (non-hydrogen) atoms. The quantitative estimate of drug-likeness (QED) is 0.332. The van der Waals surface area contributed by atoms with Crippen molar-refractivity contribution in [3.05, 3.63) is 95.7 Å². The number of hydrogen-bond donors (Lipinski definition) is 1. The number of nitrogens with zero attached hydrogens (tertiary/aromatic N) is 3. The van der Waals surface area contributed by atoms with Gasteiger partial charge in [-0.3, -0.25) is 9.78 Å². The van der Waals surface area contributed by atoms with Gasteiger partial charge in [0.15, 0.2) is 0 Å². The molecule has 5 nitrogen and oxygen atoms in total. The Balaban J connectivity index is 1.34. The number of aryl methyl sites for hydroxylation is 1. The predicted molar refractivity (Wildman–Crippen MR) is 140 cm³/mol. The molecule has 8 heteroatoms. The number of hydrogen-bond acceptors (Lipinski definition) is 5. The number of benzene rings is 2. The van der Waals surface area contributed by atoms with Crippen LogP contribution in [0.1, 0.15) is 23.7 Å². The molecule has 1 N–H and O–H groups in total. The van der Waals surface area contributed by atoms with Gasteiger partial charge in [-0.1, -0.05) is 42.4 Å². The SMILES string of the molecule is Cc1ccc(-n2nc(C3(C)CSC3)cc2NC(=O)Cc2ccc(Sc3ccncc3)cc2F)cc1. The first-order valence-electron chi connectivity index (χ1n) is 11.3. The van der Waals surface area contributed by atoms with Gasteiger partial charge < -0.3 is 5.32 Å². The number of pyridine rings is 1. The number of anilines is 1. The molecule has 2 aromatic heterocycles. The van der Waals surface area contributed by atoms with E-state index in [4.69, 9.17) is 5.10 Å². The zero-order chi connectivity index (χ0) is 24.4. The number of aromatic nitrogens is 3. The standard InChI is InChI=1S/C27H25FN4OS2/c1-18-3-6-20(7-4-18)32-25(15-24(31-32)27(2)16-34-17-27)30-26(33)13-19-5-8-22(14-23(19)28)35-21-9-11-29-12-10-21/h3-12,14-15H,13,16-17H2,1-2H3,(H,30,33). The molecule has 1 amide bonds. The third kappa shape index (κ3) is 5.28. The van der Waals surface area contributed by atoms with Crippen molar-refractivity contribution in [1.29, 1.82) is 0 Å². The fraction of sp³-hybridized carbons (Fsp3) is 0.222. The van der Waals surface area contributed by atoms with Crippen molar-refractivity contribution in [2.45, 2.75) is 35.5 Å². The fourth-order valence-corrected chi connectivity index (χ4v) is 5.78. The van der Waals surface area contributed by atoms with Crippen molar-refractivity contribution in [2.75, 3.05) is 16.8 Å². The molecule has 1 saturated heterocycles. The first-order chi connectivity index (χ1) is 16.9. The topological polar surface area (TPSA) is 59.8 Å². The lowest BCUT2D eigenvalue weighted by Gasteiger charge is -2.35. The van der Waals surface area contributed by atoms with Crippen LogP contribution in [-0.2, 0) is 16.6 Å². The molecule has 0 unspecified atom stereocenters. The zero-order valence-electron chi connectivity index (χ0n) is 19.5. The average molecular weight is 505 g/mol. The van der Waals surface area contributed by atoms with Crippen LogP contribution in [0.25, 0.3) is 5.69 Å². The molecule has 0 aliphatic carbocycles. The Bertz CT molecular complexity index is 1350. The minimum atomic E-state index is -0.397. The highest BCUT2D eigenvalue weighted by atomic mass is 32.2. The van der Waals surface area contributed by atoms with Gasteiger partial charge in [-0.05, 0) is 48.9 Å². The number of nitrogens with one attached hydrogen (secondary N) is 1. The van der Waals surface area contributed by atoms with Crippen LogP contribution in [0.15, 0.2) is 82.8 Å². The fourth-order valence-electron chi connectivity index (χ4n) is 3.84. The molecule has 0 atom stereocenters. The van der Waals surface area contributed by atoms with E-state index < -0.39 is 5.82 Å². The minimum absolute atomic E-state index is 0.00544. The normalized spacial score (nSPS) is 14.4. The maximum Gasteiger partial charge on any atom is 0.230 e. The third-order valence-electron chi connectivity index (χ3n) is 5.98. The molecule has 4 aromatic rings. The van der Waals surface area contributed by atoms with Crippen LogP contribution >= 0.6 is 23.5 Å². The van der Waals surface area contributed by atoms with Crippen LogP contribution in [0.4, 0.5) is 10.2 Å². The first kappa shape index (κ1) is 23.6. The molecule has 5 rings (SSSR count). The van der Waals surface area contributed by atoms with Gasteiger partial charge in [0, 0.05) is 45.2 Å². The Kier molecular flexibility index (Phi) is 6.67. The van der Waals surface area contributed by atoms with E-state index in [1.165, 1.54) is 17.8 Å². The molecule has 1 aliphatic heterocycles. The lowest BCUT2D eigenvalue weighted by atomic mass is 9.91. The second-order valence-electron chi connectivity index (χ2n) is 8.98. The second kappa shape index (κ2) is 9.87. The maximum absolute atomic E-state index is 14.8. The van der Waals surface area contributed by atoms with E-state index in [2.05, 4.69) is 17.2 Å². The summed E-state index contributed by atoms with van der Waals surface area (Å²) in [6, 6.07) is 18.7. The highest BCUT2D eigenvalue weighted by Gasteiger charge is 2.37. The minimum Gasteiger partial charge on any atom is -0.310 e. The third-order valence-corrected chi connectivity index (χ3v) is 8.66. The number of rotatable bonds is 7. The molecule has 0 spiro atoms. The highest BCUT2D eigenvalue weighted by molar-refractivity contribution is 8.00. The van der Waals surface area contributed by atoms with Crippen molar-refractivity contribution in [1.82, 2.24) is 14.8 Å². The summed E-state index contributed by atoms with van der Waals surface area (Å²) in [5, 5.41) is 7.81. The van der Waals surface area contributed by atoms with Crippen molar-refractivity contribution < 1.29 is 9.18 Å². The molecular weight excluding hydrogens is 479 g/mol. The lowest BCUT2D eigenvalue weighted by Crippen LogP contribution is -2.37. The lowest BCUT2D eigenvalue weighted by molar-refractivity contribution is -0.115. The van der Waals surface area contributed by atoms with E-state index >= 15 is 0 Å². The Morgan fingerprint density at radius 1 is 1.09 bits per heavy atom. The average Bonchev–Trinajstić information content (AvgIpc) is 3.24. The van der Waals surface area contributed by atoms with Crippen LogP contribution in [0.3, 0.4) is 0 Å². The number of carbonyl (C=O) groups is 1. The Morgan fingerprint density at radius 2 is 1.83 bits per heavy atom. The van der Waals surface area contributed by atoms with Crippen LogP contribution in [0, 0.1) is 12.7 Å². The molecule has 0 radical (unpaired) electrons. The summed E-state index contributed by atoms with van der Waals surface area (Å²) in [5.41, 5.74) is 3.32. The van der Waals surface area contributed by atoms with Crippen LogP contribution in [0.5, 0.6) is 0 Å². The first-order valence-corrected chi connectivity index (χ1v) is 13.3. The van der Waals surface area contributed by atoms with Gasteiger partial charge in [0.05, 0.1) is 17.8 Å². The molecule has 178 valence electrons. The highest BCUT2D eigenvalue weighted by Crippen LogP contribution is 2.41. The van der Waals surface area contributed by atoms with E-state index in [-0.39, 0.29) is 17.7 Å². The smallest absolute Gasteiger partial charge is 0.230 e. The summed E-state index contributed by atoms with van der Waals surface area (Å²) in [4.78, 5) is 18.7. The Morgan fingerprint density at radius 3 is 2.49 bits per heavy atom. The predicted octanol–water partition coefficient (Wildman–Crippen LogP) is 6.05. The molecule has 0 bridgehead atoms. The van der Waals surface area contributed by atoms with Crippen LogP contribution in [-0.4, -0.2) is 32.2 Å². The summed E-state index contributed by atoms with van der Waals surface area (Å²) in [6.07, 6.45) is 3.34. The molecule has 2 aromatic carbocycles. The van der Waals surface area contributed by atoms with Crippen molar-refractivity contribution in [3.63, 3.8) is 0 Å². The van der Waals surface area contributed by atoms with Crippen LogP contribution < -0.4 is 5.32 Å². The van der Waals surface area contributed by atoms with E-state index in [0.29, 0.717) is 11.4 Å². The van der Waals surface area contributed by atoms with Gasteiger partial charge in [0.2, 0.25) is 5.91 Å².